The Morgan fingerprint density at radius 3 is 2.23 bits per heavy atom. The fourth-order valence-electron chi connectivity index (χ4n) is 3.03. The normalized spacial score (nSPS) is 19.6. The number of benzene rings is 1. The zero-order chi connectivity index (χ0) is 15.5. The minimum atomic E-state index is -0.0690. The molecule has 1 aromatic carbocycles. The van der Waals surface area contributed by atoms with Gasteiger partial charge >= 0.3 is 0 Å². The number of nitrogens with one attached hydrogen (secondary N) is 1. The Bertz CT molecular complexity index is 546. The first kappa shape index (κ1) is 15.3. The summed E-state index contributed by atoms with van der Waals surface area (Å²) in [6, 6.07) is 7.04. The monoisotopic (exact) mass is 320 g/mol. The third kappa shape index (κ3) is 3.43. The molecule has 0 atom stereocenters. The summed E-state index contributed by atoms with van der Waals surface area (Å²) in [7, 11) is 0. The van der Waals surface area contributed by atoms with Gasteiger partial charge in [0.1, 0.15) is 0 Å². The van der Waals surface area contributed by atoms with Crippen LogP contribution in [0.1, 0.15) is 42.5 Å². The van der Waals surface area contributed by atoms with Gasteiger partial charge in [0, 0.05) is 35.6 Å². The smallest absolute Gasteiger partial charge is 0.251 e. The van der Waals surface area contributed by atoms with Crippen molar-refractivity contribution in [3.05, 3.63) is 34.9 Å². The zero-order valence-corrected chi connectivity index (χ0v) is 13.3. The standard InChI is InChI=1S/C17H21ClN2O2/c18-14-6-4-12(5-7-14)16(21)19-15-8-10-20(11-9-15)17(22)13-2-1-3-13/h4-7,13,15H,1-3,8-11H2,(H,19,21). The van der Waals surface area contributed by atoms with Gasteiger partial charge in [-0.1, -0.05) is 18.0 Å². The van der Waals surface area contributed by atoms with Gasteiger partial charge in [0.2, 0.25) is 5.91 Å². The van der Waals surface area contributed by atoms with Gasteiger partial charge in [0.15, 0.2) is 0 Å². The number of rotatable bonds is 3. The van der Waals surface area contributed by atoms with Gasteiger partial charge in [0.25, 0.3) is 5.91 Å². The lowest BCUT2D eigenvalue weighted by atomic mass is 9.84. The molecule has 1 heterocycles. The van der Waals surface area contributed by atoms with E-state index < -0.39 is 0 Å². The number of hydrogen-bond donors (Lipinski definition) is 1. The van der Waals surface area contributed by atoms with Crippen molar-refractivity contribution in [3.63, 3.8) is 0 Å². The molecule has 1 saturated heterocycles. The molecule has 0 unspecified atom stereocenters. The molecule has 0 bridgehead atoms. The van der Waals surface area contributed by atoms with Gasteiger partial charge in [0.05, 0.1) is 0 Å². The van der Waals surface area contributed by atoms with Crippen molar-refractivity contribution < 1.29 is 9.59 Å². The van der Waals surface area contributed by atoms with E-state index in [1.807, 2.05) is 4.90 Å². The number of halogens is 1. The molecule has 0 spiro atoms. The van der Waals surface area contributed by atoms with Crippen LogP contribution in [-0.2, 0) is 4.79 Å². The summed E-state index contributed by atoms with van der Waals surface area (Å²) in [4.78, 5) is 26.3. The molecule has 1 aliphatic carbocycles. The largest absolute Gasteiger partial charge is 0.349 e. The maximum Gasteiger partial charge on any atom is 0.251 e. The lowest BCUT2D eigenvalue weighted by molar-refractivity contribution is -0.139. The van der Waals surface area contributed by atoms with E-state index in [9.17, 15) is 9.59 Å². The van der Waals surface area contributed by atoms with E-state index >= 15 is 0 Å². The van der Waals surface area contributed by atoms with Gasteiger partial charge in [-0.15, -0.1) is 0 Å². The zero-order valence-electron chi connectivity index (χ0n) is 12.6. The van der Waals surface area contributed by atoms with Crippen LogP contribution in [0.4, 0.5) is 0 Å². The van der Waals surface area contributed by atoms with Crippen LogP contribution in [-0.4, -0.2) is 35.8 Å². The lowest BCUT2D eigenvalue weighted by Crippen LogP contribution is -2.48. The summed E-state index contributed by atoms with van der Waals surface area (Å²) in [6.07, 6.45) is 4.94. The van der Waals surface area contributed by atoms with Crippen molar-refractivity contribution in [3.8, 4) is 0 Å². The Balaban J connectivity index is 1.48. The quantitative estimate of drug-likeness (QED) is 0.931. The van der Waals surface area contributed by atoms with Gasteiger partial charge in [-0.3, -0.25) is 9.59 Å². The molecule has 3 rings (SSSR count). The minimum Gasteiger partial charge on any atom is -0.349 e. The Morgan fingerprint density at radius 1 is 1.05 bits per heavy atom. The number of piperidine rings is 1. The average molecular weight is 321 g/mol. The van der Waals surface area contributed by atoms with Crippen LogP contribution in [0.3, 0.4) is 0 Å². The molecule has 2 amide bonds. The first-order valence-electron chi connectivity index (χ1n) is 7.99. The third-order valence-electron chi connectivity index (χ3n) is 4.70. The molecule has 5 heteroatoms. The summed E-state index contributed by atoms with van der Waals surface area (Å²) in [6.45, 7) is 1.50. The fraction of sp³-hybridized carbons (Fsp3) is 0.529. The molecule has 22 heavy (non-hydrogen) atoms. The summed E-state index contributed by atoms with van der Waals surface area (Å²) < 4.78 is 0. The fourth-order valence-corrected chi connectivity index (χ4v) is 3.15. The molecule has 0 radical (unpaired) electrons. The molecule has 2 aliphatic rings. The number of carbonyl (C=O) groups is 2. The molecule has 1 saturated carbocycles. The first-order valence-corrected chi connectivity index (χ1v) is 8.36. The van der Waals surface area contributed by atoms with Gasteiger partial charge < -0.3 is 10.2 Å². The molecule has 118 valence electrons. The van der Waals surface area contributed by atoms with E-state index in [1.165, 1.54) is 6.42 Å². The number of carbonyl (C=O) groups excluding carboxylic acids is 2. The molecule has 1 aliphatic heterocycles. The van der Waals surface area contributed by atoms with E-state index in [2.05, 4.69) is 5.32 Å². The van der Waals surface area contributed by atoms with E-state index in [1.54, 1.807) is 24.3 Å². The van der Waals surface area contributed by atoms with Crippen LogP contribution in [0.5, 0.6) is 0 Å². The van der Waals surface area contributed by atoms with Gasteiger partial charge in [-0.25, -0.2) is 0 Å². The summed E-state index contributed by atoms with van der Waals surface area (Å²) in [5, 5.41) is 3.68. The molecule has 1 N–H and O–H groups in total. The van der Waals surface area contributed by atoms with E-state index in [-0.39, 0.29) is 17.9 Å². The van der Waals surface area contributed by atoms with Crippen molar-refractivity contribution in [2.75, 3.05) is 13.1 Å². The second-order valence-electron chi connectivity index (χ2n) is 6.21. The molecular weight excluding hydrogens is 300 g/mol. The highest BCUT2D eigenvalue weighted by Crippen LogP contribution is 2.29. The van der Waals surface area contributed by atoms with Crippen molar-refractivity contribution in [2.24, 2.45) is 5.92 Å². The number of amides is 2. The maximum atomic E-state index is 12.2. The lowest BCUT2D eigenvalue weighted by Gasteiger charge is -2.36. The van der Waals surface area contributed by atoms with Crippen molar-refractivity contribution >= 4 is 23.4 Å². The Hall–Kier alpha value is -1.55. The van der Waals surface area contributed by atoms with E-state index in [0.29, 0.717) is 16.5 Å². The average Bonchev–Trinajstić information content (AvgIpc) is 2.46. The highest BCUT2D eigenvalue weighted by molar-refractivity contribution is 6.30. The molecular formula is C17H21ClN2O2. The Labute approximate surface area is 135 Å². The predicted molar refractivity (Wildman–Crippen MR) is 85.9 cm³/mol. The maximum absolute atomic E-state index is 12.2. The highest BCUT2D eigenvalue weighted by Gasteiger charge is 2.31. The highest BCUT2D eigenvalue weighted by atomic mass is 35.5. The van der Waals surface area contributed by atoms with Crippen LogP contribution in [0, 0.1) is 5.92 Å². The molecule has 2 fully saturated rings. The van der Waals surface area contributed by atoms with Crippen LogP contribution in [0.2, 0.25) is 5.02 Å². The summed E-state index contributed by atoms with van der Waals surface area (Å²) >= 11 is 5.83. The Morgan fingerprint density at radius 2 is 1.68 bits per heavy atom. The Kier molecular flexibility index (Phi) is 4.67. The second-order valence-corrected chi connectivity index (χ2v) is 6.64. The van der Waals surface area contributed by atoms with Crippen LogP contribution in [0.25, 0.3) is 0 Å². The van der Waals surface area contributed by atoms with Crippen molar-refractivity contribution in [1.29, 1.82) is 0 Å². The first-order chi connectivity index (χ1) is 10.6. The molecule has 4 nitrogen and oxygen atoms in total. The van der Waals surface area contributed by atoms with E-state index in [0.717, 1.165) is 38.8 Å². The van der Waals surface area contributed by atoms with Crippen molar-refractivity contribution in [1.82, 2.24) is 10.2 Å². The van der Waals surface area contributed by atoms with Crippen molar-refractivity contribution in [2.45, 2.75) is 38.1 Å². The summed E-state index contributed by atoms with van der Waals surface area (Å²) in [5.74, 6) is 0.509. The topological polar surface area (TPSA) is 49.4 Å². The second kappa shape index (κ2) is 6.69. The number of likely N-dealkylation sites (tertiary alicyclic amines) is 1. The molecule has 1 aromatic rings. The van der Waals surface area contributed by atoms with E-state index in [4.69, 9.17) is 11.6 Å². The summed E-state index contributed by atoms with van der Waals surface area (Å²) in [5.41, 5.74) is 0.623. The predicted octanol–water partition coefficient (Wildman–Crippen LogP) is 2.86. The minimum absolute atomic E-state index is 0.0690. The number of nitrogens with zero attached hydrogens (tertiary/aromatic N) is 1. The van der Waals surface area contributed by atoms with Gasteiger partial charge in [-0.05, 0) is 49.9 Å². The van der Waals surface area contributed by atoms with Crippen LogP contribution < -0.4 is 5.32 Å². The number of hydrogen-bond acceptors (Lipinski definition) is 2. The molecule has 0 aromatic heterocycles. The van der Waals surface area contributed by atoms with Crippen LogP contribution >= 0.6 is 11.6 Å². The third-order valence-corrected chi connectivity index (χ3v) is 4.95. The SMILES string of the molecule is O=C(NC1CCN(C(=O)C2CCC2)CC1)c1ccc(Cl)cc1. The van der Waals surface area contributed by atoms with Crippen LogP contribution in [0.15, 0.2) is 24.3 Å². The van der Waals surface area contributed by atoms with Gasteiger partial charge in [-0.2, -0.15) is 0 Å².